The molecule has 8 heteroatoms. The SMILES string of the molecule is CCCCC(NC(=O)C(CC(C)C)NC(=O)c1cccc(F)c1)C(=O)CSCc1ccco1. The molecule has 0 radical (unpaired) electrons. The van der Waals surface area contributed by atoms with E-state index in [1.807, 2.05) is 26.8 Å². The highest BCUT2D eigenvalue weighted by molar-refractivity contribution is 7.99. The van der Waals surface area contributed by atoms with E-state index < -0.39 is 29.7 Å². The van der Waals surface area contributed by atoms with Gasteiger partial charge in [-0.2, -0.15) is 0 Å². The van der Waals surface area contributed by atoms with E-state index in [0.717, 1.165) is 24.7 Å². The molecule has 2 unspecified atom stereocenters. The maximum absolute atomic E-state index is 13.5. The largest absolute Gasteiger partial charge is 0.468 e. The summed E-state index contributed by atoms with van der Waals surface area (Å²) in [6, 6.07) is 7.53. The molecule has 0 saturated carbocycles. The second-order valence-electron chi connectivity index (χ2n) is 8.41. The van der Waals surface area contributed by atoms with Crippen LogP contribution in [0, 0.1) is 11.7 Å². The number of rotatable bonds is 14. The second-order valence-corrected chi connectivity index (χ2v) is 9.39. The van der Waals surface area contributed by atoms with Crippen molar-refractivity contribution in [2.24, 2.45) is 5.92 Å². The molecule has 0 saturated heterocycles. The number of hydrogen-bond donors (Lipinski definition) is 2. The fourth-order valence-electron chi connectivity index (χ4n) is 3.32. The number of hydrogen-bond acceptors (Lipinski definition) is 5. The van der Waals surface area contributed by atoms with E-state index in [1.165, 1.54) is 30.0 Å². The lowest BCUT2D eigenvalue weighted by molar-refractivity contribution is -0.128. The molecule has 2 N–H and O–H groups in total. The smallest absolute Gasteiger partial charge is 0.252 e. The monoisotopic (exact) mass is 476 g/mol. The lowest BCUT2D eigenvalue weighted by atomic mass is 10.0. The third-order valence-corrected chi connectivity index (χ3v) is 6.01. The first-order valence-electron chi connectivity index (χ1n) is 11.3. The Morgan fingerprint density at radius 1 is 1.09 bits per heavy atom. The number of Topliss-reactive ketones (excluding diaryl/α,β-unsaturated/α-hetero) is 1. The van der Waals surface area contributed by atoms with E-state index in [4.69, 9.17) is 4.42 Å². The summed E-state index contributed by atoms with van der Waals surface area (Å²) in [5.41, 5.74) is 0.143. The maximum Gasteiger partial charge on any atom is 0.252 e. The molecule has 0 spiro atoms. The summed E-state index contributed by atoms with van der Waals surface area (Å²) in [6.07, 6.45) is 4.22. The lowest BCUT2D eigenvalue weighted by Crippen LogP contribution is -2.52. The summed E-state index contributed by atoms with van der Waals surface area (Å²) in [6.45, 7) is 5.91. The Morgan fingerprint density at radius 3 is 2.52 bits per heavy atom. The van der Waals surface area contributed by atoms with Gasteiger partial charge in [0.2, 0.25) is 5.91 Å². The van der Waals surface area contributed by atoms with Crippen LogP contribution in [0.5, 0.6) is 0 Å². The molecule has 0 aliphatic rings. The summed E-state index contributed by atoms with van der Waals surface area (Å²) in [5.74, 6) is 0.228. The summed E-state index contributed by atoms with van der Waals surface area (Å²) in [7, 11) is 0. The minimum atomic E-state index is -0.825. The van der Waals surface area contributed by atoms with Gasteiger partial charge in [-0.05, 0) is 49.1 Å². The van der Waals surface area contributed by atoms with Crippen LogP contribution in [0.4, 0.5) is 4.39 Å². The number of nitrogens with one attached hydrogen (secondary N) is 2. The Labute approximate surface area is 199 Å². The number of ketones is 1. The van der Waals surface area contributed by atoms with E-state index in [-0.39, 0.29) is 23.0 Å². The highest BCUT2D eigenvalue weighted by atomic mass is 32.2. The highest BCUT2D eigenvalue weighted by Gasteiger charge is 2.27. The quantitative estimate of drug-likeness (QED) is 0.411. The van der Waals surface area contributed by atoms with Crippen molar-refractivity contribution in [1.29, 1.82) is 0 Å². The molecule has 2 aromatic rings. The maximum atomic E-state index is 13.5. The predicted octanol–water partition coefficient (Wildman–Crippen LogP) is 4.74. The van der Waals surface area contributed by atoms with Crippen molar-refractivity contribution in [2.75, 3.05) is 5.75 Å². The Morgan fingerprint density at radius 2 is 1.88 bits per heavy atom. The summed E-state index contributed by atoms with van der Waals surface area (Å²) in [5, 5.41) is 5.56. The van der Waals surface area contributed by atoms with Crippen LogP contribution in [0.1, 0.15) is 62.6 Å². The van der Waals surface area contributed by atoms with Crippen LogP contribution in [-0.4, -0.2) is 35.4 Å². The predicted molar refractivity (Wildman–Crippen MR) is 128 cm³/mol. The summed E-state index contributed by atoms with van der Waals surface area (Å²) in [4.78, 5) is 38.5. The molecule has 180 valence electrons. The lowest BCUT2D eigenvalue weighted by Gasteiger charge is -2.24. The Hall–Kier alpha value is -2.61. The fourth-order valence-corrected chi connectivity index (χ4v) is 4.19. The second kappa shape index (κ2) is 13.8. The van der Waals surface area contributed by atoms with Gasteiger partial charge >= 0.3 is 0 Å². The first kappa shape index (κ1) is 26.6. The molecule has 1 aromatic heterocycles. The molecule has 6 nitrogen and oxygen atoms in total. The number of carbonyl (C=O) groups excluding carboxylic acids is 3. The van der Waals surface area contributed by atoms with Gasteiger partial charge in [-0.25, -0.2) is 4.39 Å². The topological polar surface area (TPSA) is 88.4 Å². The third kappa shape index (κ3) is 9.42. The molecule has 2 amide bonds. The molecule has 1 heterocycles. The van der Waals surface area contributed by atoms with Gasteiger partial charge in [0.1, 0.15) is 17.6 Å². The molecule has 0 aliphatic carbocycles. The number of benzene rings is 1. The van der Waals surface area contributed by atoms with Crippen molar-refractivity contribution in [1.82, 2.24) is 10.6 Å². The van der Waals surface area contributed by atoms with Crippen molar-refractivity contribution < 1.29 is 23.2 Å². The van der Waals surface area contributed by atoms with Crippen LogP contribution < -0.4 is 10.6 Å². The van der Waals surface area contributed by atoms with Gasteiger partial charge in [0.25, 0.3) is 5.91 Å². The highest BCUT2D eigenvalue weighted by Crippen LogP contribution is 2.15. The average Bonchev–Trinajstić information content (AvgIpc) is 3.29. The molecule has 2 atom stereocenters. The van der Waals surface area contributed by atoms with Gasteiger partial charge in [-0.15, -0.1) is 11.8 Å². The number of halogens is 1. The van der Waals surface area contributed by atoms with Crippen molar-refractivity contribution >= 4 is 29.4 Å². The Balaban J connectivity index is 2.02. The van der Waals surface area contributed by atoms with E-state index in [2.05, 4.69) is 10.6 Å². The van der Waals surface area contributed by atoms with Gasteiger partial charge in [0.05, 0.1) is 23.8 Å². The van der Waals surface area contributed by atoms with E-state index >= 15 is 0 Å². The molecular formula is C25H33FN2O4S. The molecule has 0 aliphatic heterocycles. The van der Waals surface area contributed by atoms with Crippen molar-refractivity contribution in [3.63, 3.8) is 0 Å². The first-order chi connectivity index (χ1) is 15.8. The zero-order valence-electron chi connectivity index (χ0n) is 19.4. The molecule has 2 rings (SSSR count). The van der Waals surface area contributed by atoms with E-state index in [9.17, 15) is 18.8 Å². The van der Waals surface area contributed by atoms with Crippen LogP contribution in [0.25, 0.3) is 0 Å². The fraction of sp³-hybridized carbons (Fsp3) is 0.480. The average molecular weight is 477 g/mol. The van der Waals surface area contributed by atoms with Crippen LogP contribution >= 0.6 is 11.8 Å². The third-order valence-electron chi connectivity index (χ3n) is 5.04. The van der Waals surface area contributed by atoms with E-state index in [0.29, 0.717) is 18.6 Å². The Bertz CT molecular complexity index is 902. The molecule has 1 aromatic carbocycles. The van der Waals surface area contributed by atoms with E-state index in [1.54, 1.807) is 12.3 Å². The number of unbranched alkanes of at least 4 members (excludes halogenated alkanes) is 1. The zero-order valence-corrected chi connectivity index (χ0v) is 20.3. The number of carbonyl (C=O) groups is 3. The Kier molecular flexibility index (Phi) is 11.2. The van der Waals surface area contributed by atoms with Crippen molar-refractivity contribution in [2.45, 2.75) is 64.3 Å². The molecule has 0 bridgehead atoms. The van der Waals surface area contributed by atoms with Crippen LogP contribution in [0.3, 0.4) is 0 Å². The minimum Gasteiger partial charge on any atom is -0.468 e. The van der Waals surface area contributed by atoms with Crippen LogP contribution in [0.15, 0.2) is 47.1 Å². The zero-order chi connectivity index (χ0) is 24.2. The molecule has 0 fully saturated rings. The minimum absolute atomic E-state index is 0.0619. The normalized spacial score (nSPS) is 12.9. The van der Waals surface area contributed by atoms with Crippen LogP contribution in [0.2, 0.25) is 0 Å². The summed E-state index contributed by atoms with van der Waals surface area (Å²) < 4.78 is 18.8. The van der Waals surface area contributed by atoms with Crippen molar-refractivity contribution in [3.05, 3.63) is 59.8 Å². The number of amides is 2. The number of thioether (sulfide) groups is 1. The first-order valence-corrected chi connectivity index (χ1v) is 12.4. The van der Waals surface area contributed by atoms with Gasteiger partial charge in [-0.1, -0.05) is 39.7 Å². The standard InChI is InChI=1S/C25H33FN2O4S/c1-4-5-11-21(23(29)16-33-15-20-10-7-12-32-20)27-25(31)22(13-17(2)3)28-24(30)18-8-6-9-19(26)14-18/h6-10,12,14,17,21-22H,4-5,11,13,15-16H2,1-3H3,(H,27,31)(H,28,30). The molecular weight excluding hydrogens is 443 g/mol. The summed E-state index contributed by atoms with van der Waals surface area (Å²) >= 11 is 1.44. The number of furan rings is 1. The van der Waals surface area contributed by atoms with Crippen molar-refractivity contribution in [3.8, 4) is 0 Å². The van der Waals surface area contributed by atoms with Gasteiger partial charge in [0.15, 0.2) is 5.78 Å². The van der Waals surface area contributed by atoms with Crippen LogP contribution in [-0.2, 0) is 15.3 Å². The van der Waals surface area contributed by atoms with Gasteiger partial charge in [0, 0.05) is 5.56 Å². The van der Waals surface area contributed by atoms with Gasteiger partial charge in [-0.3, -0.25) is 14.4 Å². The van der Waals surface area contributed by atoms with Gasteiger partial charge < -0.3 is 15.1 Å². The molecule has 33 heavy (non-hydrogen) atoms.